The molecule has 0 bridgehead atoms. The lowest BCUT2D eigenvalue weighted by Crippen LogP contribution is -2.46. The average molecular weight is 252 g/mol. The van der Waals surface area contributed by atoms with Crippen LogP contribution < -0.4 is 5.73 Å². The molecule has 2 atom stereocenters. The lowest BCUT2D eigenvalue weighted by atomic mass is 10.0. The SMILES string of the molecule is CCC1CN(C(CN)c2ccccc2F)CCO1. The zero-order valence-corrected chi connectivity index (χ0v) is 10.8. The van der Waals surface area contributed by atoms with E-state index in [1.807, 2.05) is 12.1 Å². The van der Waals surface area contributed by atoms with Crippen LogP contribution in [0.4, 0.5) is 4.39 Å². The Kier molecular flexibility index (Phi) is 4.69. The van der Waals surface area contributed by atoms with E-state index in [0.29, 0.717) is 18.7 Å². The molecule has 18 heavy (non-hydrogen) atoms. The highest BCUT2D eigenvalue weighted by molar-refractivity contribution is 5.21. The van der Waals surface area contributed by atoms with Crippen LogP contribution in [0.5, 0.6) is 0 Å². The van der Waals surface area contributed by atoms with E-state index in [2.05, 4.69) is 11.8 Å². The van der Waals surface area contributed by atoms with Crippen LogP contribution in [0.2, 0.25) is 0 Å². The molecule has 1 fully saturated rings. The highest BCUT2D eigenvalue weighted by Crippen LogP contribution is 2.24. The molecule has 1 aliphatic rings. The summed E-state index contributed by atoms with van der Waals surface area (Å²) in [6.45, 7) is 4.87. The summed E-state index contributed by atoms with van der Waals surface area (Å²) in [5.41, 5.74) is 6.53. The number of ether oxygens (including phenoxy) is 1. The van der Waals surface area contributed by atoms with Gasteiger partial charge in [0.05, 0.1) is 18.8 Å². The largest absolute Gasteiger partial charge is 0.376 e. The minimum Gasteiger partial charge on any atom is -0.376 e. The van der Waals surface area contributed by atoms with Crippen LogP contribution in [0, 0.1) is 5.82 Å². The Bertz CT molecular complexity index is 386. The van der Waals surface area contributed by atoms with Crippen LogP contribution in [0.1, 0.15) is 24.9 Å². The minimum absolute atomic E-state index is 0.0517. The van der Waals surface area contributed by atoms with E-state index in [-0.39, 0.29) is 18.0 Å². The third-order valence-electron chi connectivity index (χ3n) is 3.55. The molecule has 0 amide bonds. The fourth-order valence-electron chi connectivity index (χ4n) is 2.49. The standard InChI is InChI=1S/C14H21FN2O/c1-2-11-10-17(7-8-18-11)14(9-16)12-5-3-4-6-13(12)15/h3-6,11,14H,2,7-10,16H2,1H3. The summed E-state index contributed by atoms with van der Waals surface area (Å²) < 4.78 is 19.5. The van der Waals surface area contributed by atoms with Crippen molar-refractivity contribution in [2.24, 2.45) is 5.73 Å². The summed E-state index contributed by atoms with van der Waals surface area (Å²) in [7, 11) is 0. The topological polar surface area (TPSA) is 38.5 Å². The summed E-state index contributed by atoms with van der Waals surface area (Å²) in [6, 6.07) is 6.84. The maximum absolute atomic E-state index is 13.8. The zero-order chi connectivity index (χ0) is 13.0. The first-order valence-corrected chi connectivity index (χ1v) is 6.56. The van der Waals surface area contributed by atoms with Crippen LogP contribution in [-0.2, 0) is 4.74 Å². The first kappa shape index (κ1) is 13.5. The summed E-state index contributed by atoms with van der Waals surface area (Å²) in [5, 5.41) is 0. The molecule has 1 aliphatic heterocycles. The maximum atomic E-state index is 13.8. The van der Waals surface area contributed by atoms with Crippen LogP contribution in [0.3, 0.4) is 0 Å². The van der Waals surface area contributed by atoms with Crippen LogP contribution in [-0.4, -0.2) is 37.2 Å². The summed E-state index contributed by atoms with van der Waals surface area (Å²) in [4.78, 5) is 2.23. The lowest BCUT2D eigenvalue weighted by molar-refractivity contribution is -0.0441. The Morgan fingerprint density at radius 3 is 2.94 bits per heavy atom. The van der Waals surface area contributed by atoms with E-state index in [1.165, 1.54) is 6.07 Å². The normalized spacial score (nSPS) is 22.9. The molecule has 0 radical (unpaired) electrons. The molecule has 0 aliphatic carbocycles. The molecule has 0 aromatic heterocycles. The van der Waals surface area contributed by atoms with Gasteiger partial charge in [-0.15, -0.1) is 0 Å². The van der Waals surface area contributed by atoms with Gasteiger partial charge in [0.2, 0.25) is 0 Å². The number of nitrogens with zero attached hydrogens (tertiary/aromatic N) is 1. The summed E-state index contributed by atoms with van der Waals surface area (Å²) in [6.07, 6.45) is 1.21. The van der Waals surface area contributed by atoms with Gasteiger partial charge in [-0.05, 0) is 12.5 Å². The molecule has 0 saturated carbocycles. The quantitative estimate of drug-likeness (QED) is 0.890. The predicted molar refractivity (Wildman–Crippen MR) is 69.8 cm³/mol. The molecule has 2 unspecified atom stereocenters. The number of hydrogen-bond donors (Lipinski definition) is 1. The third-order valence-corrected chi connectivity index (χ3v) is 3.55. The molecule has 2 N–H and O–H groups in total. The Labute approximate surface area is 108 Å². The monoisotopic (exact) mass is 252 g/mol. The van der Waals surface area contributed by atoms with Crippen LogP contribution in [0.15, 0.2) is 24.3 Å². The van der Waals surface area contributed by atoms with Crippen LogP contribution >= 0.6 is 0 Å². The van der Waals surface area contributed by atoms with Crippen molar-refractivity contribution < 1.29 is 9.13 Å². The van der Waals surface area contributed by atoms with Crippen molar-refractivity contribution in [3.63, 3.8) is 0 Å². The Morgan fingerprint density at radius 2 is 2.28 bits per heavy atom. The Hall–Kier alpha value is -0.970. The second-order valence-electron chi connectivity index (χ2n) is 4.67. The predicted octanol–water partition coefficient (Wildman–Crippen LogP) is 1.94. The number of benzene rings is 1. The molecule has 1 aromatic rings. The van der Waals surface area contributed by atoms with Gasteiger partial charge in [0.15, 0.2) is 0 Å². The number of nitrogens with two attached hydrogens (primary N) is 1. The summed E-state index contributed by atoms with van der Waals surface area (Å²) in [5.74, 6) is -0.174. The molecule has 3 nitrogen and oxygen atoms in total. The van der Waals surface area contributed by atoms with Crippen molar-refractivity contribution in [2.75, 3.05) is 26.2 Å². The molecule has 1 saturated heterocycles. The van der Waals surface area contributed by atoms with Crippen molar-refractivity contribution in [3.8, 4) is 0 Å². The van der Waals surface area contributed by atoms with Gasteiger partial charge < -0.3 is 10.5 Å². The van der Waals surface area contributed by atoms with E-state index in [1.54, 1.807) is 6.07 Å². The van der Waals surface area contributed by atoms with Gasteiger partial charge in [-0.3, -0.25) is 4.90 Å². The second-order valence-corrected chi connectivity index (χ2v) is 4.67. The summed E-state index contributed by atoms with van der Waals surface area (Å²) >= 11 is 0. The van der Waals surface area contributed by atoms with Gasteiger partial charge in [0.1, 0.15) is 5.82 Å². The second kappa shape index (κ2) is 6.27. The van der Waals surface area contributed by atoms with Crippen molar-refractivity contribution in [2.45, 2.75) is 25.5 Å². The van der Waals surface area contributed by atoms with Crippen molar-refractivity contribution in [1.29, 1.82) is 0 Å². The first-order valence-electron chi connectivity index (χ1n) is 6.56. The molecule has 0 spiro atoms. The van der Waals surface area contributed by atoms with E-state index in [0.717, 1.165) is 19.5 Å². The molecular weight excluding hydrogens is 231 g/mol. The third kappa shape index (κ3) is 2.88. The smallest absolute Gasteiger partial charge is 0.128 e. The Balaban J connectivity index is 2.15. The van der Waals surface area contributed by atoms with Crippen molar-refractivity contribution in [1.82, 2.24) is 4.90 Å². The number of halogens is 1. The van der Waals surface area contributed by atoms with Gasteiger partial charge in [0, 0.05) is 25.2 Å². The number of morpholine rings is 1. The molecule has 1 heterocycles. The molecule has 1 aromatic carbocycles. The van der Waals surface area contributed by atoms with Gasteiger partial charge >= 0.3 is 0 Å². The number of hydrogen-bond acceptors (Lipinski definition) is 3. The van der Waals surface area contributed by atoms with E-state index in [4.69, 9.17) is 10.5 Å². The molecule has 4 heteroatoms. The first-order chi connectivity index (χ1) is 8.76. The van der Waals surface area contributed by atoms with Gasteiger partial charge in [-0.25, -0.2) is 4.39 Å². The highest BCUT2D eigenvalue weighted by Gasteiger charge is 2.27. The van der Waals surface area contributed by atoms with E-state index < -0.39 is 0 Å². The number of rotatable bonds is 4. The highest BCUT2D eigenvalue weighted by atomic mass is 19.1. The van der Waals surface area contributed by atoms with Gasteiger partial charge in [-0.2, -0.15) is 0 Å². The van der Waals surface area contributed by atoms with Crippen LogP contribution in [0.25, 0.3) is 0 Å². The van der Waals surface area contributed by atoms with Crippen molar-refractivity contribution in [3.05, 3.63) is 35.6 Å². The van der Waals surface area contributed by atoms with Gasteiger partial charge in [-0.1, -0.05) is 25.1 Å². The fraction of sp³-hybridized carbons (Fsp3) is 0.571. The maximum Gasteiger partial charge on any atom is 0.128 e. The fourth-order valence-corrected chi connectivity index (χ4v) is 2.49. The lowest BCUT2D eigenvalue weighted by Gasteiger charge is -2.37. The van der Waals surface area contributed by atoms with Gasteiger partial charge in [0.25, 0.3) is 0 Å². The molecular formula is C14H21FN2O. The molecule has 100 valence electrons. The minimum atomic E-state index is -0.174. The Morgan fingerprint density at radius 1 is 1.50 bits per heavy atom. The van der Waals surface area contributed by atoms with E-state index in [9.17, 15) is 4.39 Å². The van der Waals surface area contributed by atoms with Crippen molar-refractivity contribution >= 4 is 0 Å². The zero-order valence-electron chi connectivity index (χ0n) is 10.8. The molecule has 2 rings (SSSR count). The van der Waals surface area contributed by atoms with E-state index >= 15 is 0 Å². The average Bonchev–Trinajstić information content (AvgIpc) is 2.42.